The molecule has 3 rings (SSSR count). The molecule has 1 saturated heterocycles. The van der Waals surface area contributed by atoms with Gasteiger partial charge in [0, 0.05) is 25.1 Å². The Morgan fingerprint density at radius 2 is 1.85 bits per heavy atom. The van der Waals surface area contributed by atoms with Crippen molar-refractivity contribution in [2.45, 2.75) is 32.0 Å². The summed E-state index contributed by atoms with van der Waals surface area (Å²) in [4.78, 5) is 21.5. The summed E-state index contributed by atoms with van der Waals surface area (Å²) in [6, 6.07) is 10.6. The molecule has 1 atom stereocenters. The van der Waals surface area contributed by atoms with E-state index in [0.717, 1.165) is 18.0 Å². The SMILES string of the molecule is CC(NC(=O)C1CCN(c2cc(C(F)(F)F)ncn2)CC1)c1ccccc1. The van der Waals surface area contributed by atoms with Gasteiger partial charge in [-0.05, 0) is 25.3 Å². The van der Waals surface area contributed by atoms with Crippen LogP contribution in [0.15, 0.2) is 42.7 Å². The van der Waals surface area contributed by atoms with E-state index in [0.29, 0.717) is 25.9 Å². The maximum Gasteiger partial charge on any atom is 0.433 e. The van der Waals surface area contributed by atoms with Crippen LogP contribution in [-0.2, 0) is 11.0 Å². The Morgan fingerprint density at radius 1 is 1.19 bits per heavy atom. The van der Waals surface area contributed by atoms with Crippen molar-refractivity contribution in [1.82, 2.24) is 15.3 Å². The van der Waals surface area contributed by atoms with E-state index >= 15 is 0 Å². The van der Waals surface area contributed by atoms with Gasteiger partial charge in [-0.2, -0.15) is 13.2 Å². The summed E-state index contributed by atoms with van der Waals surface area (Å²) in [6.07, 6.45) is -2.43. The average molecular weight is 378 g/mol. The number of alkyl halides is 3. The highest BCUT2D eigenvalue weighted by atomic mass is 19.4. The molecule has 0 aliphatic carbocycles. The topological polar surface area (TPSA) is 58.1 Å². The van der Waals surface area contributed by atoms with Gasteiger partial charge in [0.1, 0.15) is 17.8 Å². The van der Waals surface area contributed by atoms with E-state index in [2.05, 4.69) is 15.3 Å². The van der Waals surface area contributed by atoms with Crippen LogP contribution in [0.4, 0.5) is 19.0 Å². The van der Waals surface area contributed by atoms with E-state index in [9.17, 15) is 18.0 Å². The summed E-state index contributed by atoms with van der Waals surface area (Å²) >= 11 is 0. The van der Waals surface area contributed by atoms with Gasteiger partial charge in [-0.15, -0.1) is 0 Å². The summed E-state index contributed by atoms with van der Waals surface area (Å²) in [5, 5.41) is 3.02. The maximum absolute atomic E-state index is 12.8. The van der Waals surface area contributed by atoms with Crippen LogP contribution in [0.5, 0.6) is 0 Å². The average Bonchev–Trinajstić information content (AvgIpc) is 2.68. The van der Waals surface area contributed by atoms with E-state index in [-0.39, 0.29) is 23.7 Å². The third kappa shape index (κ3) is 4.75. The van der Waals surface area contributed by atoms with Crippen molar-refractivity contribution in [2.24, 2.45) is 5.92 Å². The molecule has 1 N–H and O–H groups in total. The lowest BCUT2D eigenvalue weighted by molar-refractivity contribution is -0.141. The molecule has 1 fully saturated rings. The molecule has 5 nitrogen and oxygen atoms in total. The molecule has 2 heterocycles. The second-order valence-electron chi connectivity index (χ2n) is 6.66. The second kappa shape index (κ2) is 7.94. The van der Waals surface area contributed by atoms with Gasteiger partial charge in [0.05, 0.1) is 6.04 Å². The fourth-order valence-electron chi connectivity index (χ4n) is 3.20. The molecule has 1 amide bonds. The summed E-state index contributed by atoms with van der Waals surface area (Å²) < 4.78 is 38.4. The van der Waals surface area contributed by atoms with Gasteiger partial charge in [-0.1, -0.05) is 30.3 Å². The number of carbonyl (C=O) groups excluding carboxylic acids is 1. The zero-order valence-electron chi connectivity index (χ0n) is 14.9. The van der Waals surface area contributed by atoms with Crippen molar-refractivity contribution >= 4 is 11.7 Å². The minimum absolute atomic E-state index is 0.0235. The number of hydrogen-bond donors (Lipinski definition) is 1. The number of carbonyl (C=O) groups is 1. The van der Waals surface area contributed by atoms with E-state index in [4.69, 9.17) is 0 Å². The van der Waals surface area contributed by atoms with Gasteiger partial charge in [-0.3, -0.25) is 4.79 Å². The van der Waals surface area contributed by atoms with Crippen molar-refractivity contribution in [3.8, 4) is 0 Å². The number of benzene rings is 1. The van der Waals surface area contributed by atoms with Crippen LogP contribution in [0.1, 0.15) is 37.1 Å². The Hall–Kier alpha value is -2.64. The molecule has 8 heteroatoms. The normalized spacial score (nSPS) is 16.8. The van der Waals surface area contributed by atoms with Crippen molar-refractivity contribution in [1.29, 1.82) is 0 Å². The first kappa shape index (κ1) is 19.1. The first-order valence-electron chi connectivity index (χ1n) is 8.84. The predicted octanol–water partition coefficient (Wildman–Crippen LogP) is 3.59. The van der Waals surface area contributed by atoms with Crippen LogP contribution >= 0.6 is 0 Å². The van der Waals surface area contributed by atoms with Crippen LogP contribution in [0.3, 0.4) is 0 Å². The molecule has 1 unspecified atom stereocenters. The maximum atomic E-state index is 12.8. The minimum atomic E-state index is -4.50. The molecule has 0 saturated carbocycles. The first-order chi connectivity index (χ1) is 12.8. The molecule has 144 valence electrons. The van der Waals surface area contributed by atoms with E-state index in [1.807, 2.05) is 37.3 Å². The van der Waals surface area contributed by atoms with Crippen molar-refractivity contribution in [2.75, 3.05) is 18.0 Å². The zero-order chi connectivity index (χ0) is 19.4. The molecule has 27 heavy (non-hydrogen) atoms. The number of nitrogens with one attached hydrogen (secondary N) is 1. The monoisotopic (exact) mass is 378 g/mol. The van der Waals surface area contributed by atoms with E-state index in [1.165, 1.54) is 0 Å². The van der Waals surface area contributed by atoms with E-state index < -0.39 is 11.9 Å². The molecule has 1 aromatic heterocycles. The fraction of sp³-hybridized carbons (Fsp3) is 0.421. The lowest BCUT2D eigenvalue weighted by Gasteiger charge is -2.32. The summed E-state index contributed by atoms with van der Waals surface area (Å²) in [7, 11) is 0. The summed E-state index contributed by atoms with van der Waals surface area (Å²) in [5.41, 5.74) is 0.0769. The largest absolute Gasteiger partial charge is 0.433 e. The molecule has 0 bridgehead atoms. The Morgan fingerprint density at radius 3 is 2.48 bits per heavy atom. The van der Waals surface area contributed by atoms with Crippen molar-refractivity contribution in [3.63, 3.8) is 0 Å². The molecule has 1 aliphatic heterocycles. The molecule has 1 aliphatic rings. The third-order valence-corrected chi connectivity index (χ3v) is 4.79. The number of nitrogens with zero attached hydrogens (tertiary/aromatic N) is 3. The number of aromatic nitrogens is 2. The lowest BCUT2D eigenvalue weighted by Crippen LogP contribution is -2.41. The van der Waals surface area contributed by atoms with Gasteiger partial charge in [0.2, 0.25) is 5.91 Å². The first-order valence-corrected chi connectivity index (χ1v) is 8.84. The standard InChI is InChI=1S/C19H21F3N4O/c1-13(14-5-3-2-4-6-14)25-18(27)15-7-9-26(10-8-15)17-11-16(19(20,21)22)23-12-24-17/h2-6,11-13,15H,7-10H2,1H3,(H,25,27). The van der Waals surface area contributed by atoms with Gasteiger partial charge in [0.15, 0.2) is 0 Å². The van der Waals surface area contributed by atoms with Crippen LogP contribution in [0.25, 0.3) is 0 Å². The van der Waals surface area contributed by atoms with Gasteiger partial charge in [0.25, 0.3) is 0 Å². The molecular formula is C19H21F3N4O. The number of rotatable bonds is 4. The van der Waals surface area contributed by atoms with Crippen LogP contribution < -0.4 is 10.2 Å². The number of anilines is 1. The Bertz CT molecular complexity index is 774. The third-order valence-electron chi connectivity index (χ3n) is 4.79. The smallest absolute Gasteiger partial charge is 0.356 e. The van der Waals surface area contributed by atoms with E-state index in [1.54, 1.807) is 4.90 Å². The number of piperidine rings is 1. The number of amides is 1. The molecule has 0 spiro atoms. The van der Waals surface area contributed by atoms with Crippen LogP contribution in [-0.4, -0.2) is 29.0 Å². The Labute approximate surface area is 155 Å². The molecule has 0 radical (unpaired) electrons. The molecular weight excluding hydrogens is 357 g/mol. The predicted molar refractivity (Wildman–Crippen MR) is 95.0 cm³/mol. The second-order valence-corrected chi connectivity index (χ2v) is 6.66. The number of hydrogen-bond acceptors (Lipinski definition) is 4. The van der Waals surface area contributed by atoms with Crippen molar-refractivity contribution in [3.05, 3.63) is 54.0 Å². The van der Waals surface area contributed by atoms with Gasteiger partial charge in [-0.25, -0.2) is 9.97 Å². The Balaban J connectivity index is 1.56. The number of halogens is 3. The van der Waals surface area contributed by atoms with Gasteiger partial charge < -0.3 is 10.2 Å². The zero-order valence-corrected chi connectivity index (χ0v) is 14.9. The quantitative estimate of drug-likeness (QED) is 0.883. The van der Waals surface area contributed by atoms with Crippen molar-refractivity contribution < 1.29 is 18.0 Å². The highest BCUT2D eigenvalue weighted by molar-refractivity contribution is 5.79. The minimum Gasteiger partial charge on any atom is -0.356 e. The highest BCUT2D eigenvalue weighted by Crippen LogP contribution is 2.30. The highest BCUT2D eigenvalue weighted by Gasteiger charge is 2.34. The summed E-state index contributed by atoms with van der Waals surface area (Å²) in [5.74, 6) is 0.0647. The molecule has 1 aromatic carbocycles. The summed E-state index contributed by atoms with van der Waals surface area (Å²) in [6.45, 7) is 2.89. The molecule has 2 aromatic rings. The van der Waals surface area contributed by atoms with Crippen LogP contribution in [0.2, 0.25) is 0 Å². The van der Waals surface area contributed by atoms with Crippen LogP contribution in [0, 0.1) is 5.92 Å². The van der Waals surface area contributed by atoms with Gasteiger partial charge >= 0.3 is 6.18 Å². The fourth-order valence-corrected chi connectivity index (χ4v) is 3.20. The lowest BCUT2D eigenvalue weighted by atomic mass is 9.95. The Kier molecular flexibility index (Phi) is 5.62.